The highest BCUT2D eigenvalue weighted by Gasteiger charge is 2.25. The van der Waals surface area contributed by atoms with Gasteiger partial charge < -0.3 is 24.7 Å². The second kappa shape index (κ2) is 9.92. The van der Waals surface area contributed by atoms with E-state index in [0.29, 0.717) is 17.6 Å². The van der Waals surface area contributed by atoms with E-state index in [1.807, 2.05) is 47.0 Å². The van der Waals surface area contributed by atoms with E-state index in [4.69, 9.17) is 21.3 Å². The van der Waals surface area contributed by atoms with Crippen LogP contribution < -0.4 is 20.3 Å². The van der Waals surface area contributed by atoms with Crippen molar-refractivity contribution in [3.63, 3.8) is 0 Å². The number of pyridine rings is 1. The number of fused-ring (bicyclic) bond motifs is 1. The van der Waals surface area contributed by atoms with Gasteiger partial charge in [-0.15, -0.1) is 0 Å². The summed E-state index contributed by atoms with van der Waals surface area (Å²) in [6, 6.07) is 12.1. The normalized spacial score (nSPS) is 16.7. The van der Waals surface area contributed by atoms with Crippen molar-refractivity contribution >= 4 is 28.9 Å². The van der Waals surface area contributed by atoms with Crippen LogP contribution in [0.25, 0.3) is 5.65 Å². The maximum absolute atomic E-state index is 6.21. The Morgan fingerprint density at radius 2 is 2.23 bits per heavy atom. The fourth-order valence-electron chi connectivity index (χ4n) is 3.91. The van der Waals surface area contributed by atoms with Crippen LogP contribution >= 0.6 is 11.6 Å². The summed E-state index contributed by atoms with van der Waals surface area (Å²) in [4.78, 5) is 11.7. The zero-order valence-corrected chi connectivity index (χ0v) is 18.8. The summed E-state index contributed by atoms with van der Waals surface area (Å²) >= 11 is 6.21. The van der Waals surface area contributed by atoms with Crippen molar-refractivity contribution in [1.29, 1.82) is 0 Å². The zero-order chi connectivity index (χ0) is 21.6. The largest absolute Gasteiger partial charge is 0.495 e. The predicted octanol–water partition coefficient (Wildman–Crippen LogP) is 3.37. The van der Waals surface area contributed by atoms with Crippen LogP contribution in [0.3, 0.4) is 0 Å². The summed E-state index contributed by atoms with van der Waals surface area (Å²) in [5.74, 6) is 1.69. The number of aliphatic imine (C=N–C) groups is 1. The van der Waals surface area contributed by atoms with Crippen molar-refractivity contribution in [1.82, 2.24) is 20.0 Å². The first-order valence-corrected chi connectivity index (χ1v) is 11.1. The lowest BCUT2D eigenvalue weighted by Crippen LogP contribution is -2.44. The summed E-state index contributed by atoms with van der Waals surface area (Å²) in [5.41, 5.74) is 3.05. The molecule has 2 N–H and O–H groups in total. The standard InChI is InChI=1S/C23H29ClN6O/c1-3-25-23(26-11-9-18-16-30-12-5-4-6-22(30)27-18)28-19-10-13-29(15-19)20-14-17(24)7-8-21(20)31-2/h4-8,12,14,16,19H,3,9-11,13,15H2,1-2H3,(H2,25,26,28). The lowest BCUT2D eigenvalue weighted by Gasteiger charge is -2.22. The molecular formula is C23H29ClN6O. The number of anilines is 1. The number of rotatable bonds is 7. The van der Waals surface area contributed by atoms with E-state index in [9.17, 15) is 0 Å². The average Bonchev–Trinajstić information content (AvgIpc) is 3.40. The lowest BCUT2D eigenvalue weighted by atomic mass is 10.2. The molecule has 31 heavy (non-hydrogen) atoms. The number of methoxy groups -OCH3 is 1. The number of nitrogens with zero attached hydrogens (tertiary/aromatic N) is 4. The number of imidazole rings is 1. The molecule has 3 heterocycles. The van der Waals surface area contributed by atoms with E-state index in [1.165, 1.54) is 0 Å². The summed E-state index contributed by atoms with van der Waals surface area (Å²) < 4.78 is 7.56. The Hall–Kier alpha value is -2.93. The SMILES string of the molecule is CCNC(=NCCc1cn2ccccc2n1)NC1CCN(c2cc(Cl)ccc2OC)C1. The number of aromatic nitrogens is 2. The first-order chi connectivity index (χ1) is 15.2. The Labute approximate surface area is 188 Å². The molecule has 1 unspecified atom stereocenters. The van der Waals surface area contributed by atoms with E-state index in [2.05, 4.69) is 33.6 Å². The molecule has 0 amide bonds. The summed E-state index contributed by atoms with van der Waals surface area (Å²) in [6.07, 6.45) is 5.90. The second-order valence-corrected chi connectivity index (χ2v) is 8.04. The molecule has 1 aliphatic rings. The first kappa shape index (κ1) is 21.3. The Bertz CT molecular complexity index is 1020. The van der Waals surface area contributed by atoms with Crippen molar-refractivity contribution in [2.75, 3.05) is 38.2 Å². The molecule has 8 heteroatoms. The fraction of sp³-hybridized carbons (Fsp3) is 0.391. The van der Waals surface area contributed by atoms with Gasteiger partial charge in [-0.05, 0) is 43.7 Å². The number of benzene rings is 1. The van der Waals surface area contributed by atoms with Gasteiger partial charge in [-0.3, -0.25) is 4.99 Å². The maximum atomic E-state index is 6.21. The lowest BCUT2D eigenvalue weighted by molar-refractivity contribution is 0.415. The van der Waals surface area contributed by atoms with Crippen LogP contribution in [0.4, 0.5) is 5.69 Å². The van der Waals surface area contributed by atoms with Gasteiger partial charge in [0.1, 0.15) is 11.4 Å². The number of hydrogen-bond acceptors (Lipinski definition) is 4. The van der Waals surface area contributed by atoms with E-state index < -0.39 is 0 Å². The Morgan fingerprint density at radius 3 is 3.03 bits per heavy atom. The minimum Gasteiger partial charge on any atom is -0.495 e. The molecule has 1 aliphatic heterocycles. The van der Waals surface area contributed by atoms with Crippen LogP contribution in [0.15, 0.2) is 53.8 Å². The number of hydrogen-bond donors (Lipinski definition) is 2. The molecular weight excluding hydrogens is 412 g/mol. The van der Waals surface area contributed by atoms with Gasteiger partial charge >= 0.3 is 0 Å². The molecule has 4 rings (SSSR count). The van der Waals surface area contributed by atoms with E-state index in [-0.39, 0.29) is 0 Å². The van der Waals surface area contributed by atoms with Gasteiger partial charge in [0.2, 0.25) is 0 Å². The Morgan fingerprint density at radius 1 is 1.32 bits per heavy atom. The number of nitrogens with one attached hydrogen (secondary N) is 2. The highest BCUT2D eigenvalue weighted by molar-refractivity contribution is 6.30. The quantitative estimate of drug-likeness (QED) is 0.435. The van der Waals surface area contributed by atoms with Gasteiger partial charge in [0.25, 0.3) is 0 Å². The van der Waals surface area contributed by atoms with Crippen LogP contribution in [0.5, 0.6) is 5.75 Å². The monoisotopic (exact) mass is 440 g/mol. The molecule has 0 saturated carbocycles. The molecule has 0 aliphatic carbocycles. The van der Waals surface area contributed by atoms with E-state index in [1.54, 1.807) is 7.11 Å². The molecule has 164 valence electrons. The Kier molecular flexibility index (Phi) is 6.82. The predicted molar refractivity (Wildman–Crippen MR) is 127 cm³/mol. The Balaban J connectivity index is 1.36. The van der Waals surface area contributed by atoms with E-state index in [0.717, 1.165) is 61.2 Å². The van der Waals surface area contributed by atoms with Gasteiger partial charge in [-0.1, -0.05) is 17.7 Å². The van der Waals surface area contributed by atoms with Gasteiger partial charge in [0, 0.05) is 56.1 Å². The van der Waals surface area contributed by atoms with Crippen LogP contribution in [0.2, 0.25) is 5.02 Å². The maximum Gasteiger partial charge on any atom is 0.191 e. The minimum absolute atomic E-state index is 0.302. The van der Waals surface area contributed by atoms with Gasteiger partial charge in [-0.2, -0.15) is 0 Å². The highest BCUT2D eigenvalue weighted by Crippen LogP contribution is 2.33. The third kappa shape index (κ3) is 5.22. The third-order valence-electron chi connectivity index (χ3n) is 5.41. The number of ether oxygens (including phenoxy) is 1. The molecule has 7 nitrogen and oxygen atoms in total. The van der Waals surface area contributed by atoms with Crippen molar-refractivity contribution < 1.29 is 4.74 Å². The van der Waals surface area contributed by atoms with Crippen LogP contribution in [0, 0.1) is 0 Å². The van der Waals surface area contributed by atoms with Crippen LogP contribution in [0.1, 0.15) is 19.0 Å². The molecule has 1 saturated heterocycles. The number of guanidine groups is 1. The van der Waals surface area contributed by atoms with Crippen LogP contribution in [-0.4, -0.2) is 54.7 Å². The van der Waals surface area contributed by atoms with Gasteiger partial charge in [0.05, 0.1) is 18.5 Å². The molecule has 0 bridgehead atoms. The highest BCUT2D eigenvalue weighted by atomic mass is 35.5. The second-order valence-electron chi connectivity index (χ2n) is 7.60. The molecule has 0 radical (unpaired) electrons. The molecule has 1 atom stereocenters. The topological polar surface area (TPSA) is 66.2 Å². The molecule has 1 fully saturated rings. The third-order valence-corrected chi connectivity index (χ3v) is 5.64. The summed E-state index contributed by atoms with van der Waals surface area (Å²) in [7, 11) is 1.69. The zero-order valence-electron chi connectivity index (χ0n) is 18.0. The van der Waals surface area contributed by atoms with E-state index >= 15 is 0 Å². The van der Waals surface area contributed by atoms with Crippen molar-refractivity contribution in [2.24, 2.45) is 4.99 Å². The average molecular weight is 441 g/mol. The van der Waals surface area contributed by atoms with Crippen molar-refractivity contribution in [3.8, 4) is 5.75 Å². The first-order valence-electron chi connectivity index (χ1n) is 10.7. The van der Waals surface area contributed by atoms with Gasteiger partial charge in [0.15, 0.2) is 5.96 Å². The summed E-state index contributed by atoms with van der Waals surface area (Å²) in [5, 5.41) is 7.65. The van der Waals surface area contributed by atoms with Crippen LogP contribution in [-0.2, 0) is 6.42 Å². The van der Waals surface area contributed by atoms with Crippen molar-refractivity contribution in [2.45, 2.75) is 25.8 Å². The van der Waals surface area contributed by atoms with Gasteiger partial charge in [-0.25, -0.2) is 4.98 Å². The van der Waals surface area contributed by atoms with Crippen molar-refractivity contribution in [3.05, 3.63) is 59.5 Å². The molecule has 0 spiro atoms. The number of halogens is 1. The smallest absolute Gasteiger partial charge is 0.191 e. The summed E-state index contributed by atoms with van der Waals surface area (Å²) in [6.45, 7) is 5.39. The molecule has 1 aromatic carbocycles. The fourth-order valence-corrected chi connectivity index (χ4v) is 4.08. The minimum atomic E-state index is 0.302. The molecule has 3 aromatic rings. The molecule has 2 aromatic heterocycles.